The number of methoxy groups -OCH3 is 1. The Kier molecular flexibility index (Phi) is 29.1. The molecule has 96 heavy (non-hydrogen) atoms. The summed E-state index contributed by atoms with van der Waals surface area (Å²) < 4.78 is 108. The Morgan fingerprint density at radius 2 is 1.04 bits per heavy atom. The van der Waals surface area contributed by atoms with Crippen molar-refractivity contribution in [3.05, 3.63) is 0 Å². The number of piperidine rings is 2. The molecule has 6 aliphatic rings. The van der Waals surface area contributed by atoms with Crippen molar-refractivity contribution in [2.24, 2.45) is 68.3 Å². The molecule has 0 aromatic heterocycles. The van der Waals surface area contributed by atoms with Crippen LogP contribution in [0.4, 0.5) is 26.3 Å². The molecule has 9 amide bonds. The number of nitriles is 1. The van der Waals surface area contributed by atoms with Gasteiger partial charge >= 0.3 is 34.4 Å². The van der Waals surface area contributed by atoms with E-state index in [0.29, 0.717) is 45.6 Å². The van der Waals surface area contributed by atoms with E-state index in [2.05, 4.69) is 89.6 Å². The Morgan fingerprint density at radius 1 is 0.677 bits per heavy atom. The number of nitrogens with one attached hydrogen (secondary N) is 6. The Hall–Kier alpha value is -8.72. The van der Waals surface area contributed by atoms with Crippen LogP contribution in [-0.2, 0) is 58.1 Å². The number of hydrogen-bond donors (Lipinski definition) is 7. The molecule has 2 aliphatic carbocycles. The van der Waals surface area contributed by atoms with Gasteiger partial charge in [0.1, 0.15) is 36.3 Å². The molecule has 0 aromatic rings. The Bertz CT molecular complexity index is 3400. The second kappa shape index (κ2) is 34.3. The molecule has 528 valence electrons. The highest BCUT2D eigenvalue weighted by Gasteiger charge is 2.71. The summed E-state index contributed by atoms with van der Waals surface area (Å²) in [5, 5.41) is 34.4. The van der Waals surface area contributed by atoms with Crippen molar-refractivity contribution < 1.29 is 91.6 Å². The third-order valence-corrected chi connectivity index (χ3v) is 20.4. The maximum atomic E-state index is 13.3. The molecule has 4 heterocycles. The zero-order valence-corrected chi connectivity index (χ0v) is 57.0. The summed E-state index contributed by atoms with van der Waals surface area (Å²) in [6.07, 6.45) is -10.2. The monoisotopic (exact) mass is 1380 g/mol. The summed E-state index contributed by atoms with van der Waals surface area (Å²) >= 11 is 0. The first kappa shape index (κ1) is 81.5. The SMILES string of the molecule is CC#CC#CC#CC#CC#CC.CC(C)[C@H](NC(=O)C(F)(F)F)C(=O)N1C[C@H]2[C@@H]([C@H]1C(=O)N[C@@H](C[C@@H]1CCNC1=O)C(N)=O)C2(C)C.CC(C)[C@H](NC(=O)C(F)(F)F)C(=O)N1C[C@H]2[C@@H]([C@H]1C(=O)N[C@H](C#N)C[C@@H]1CCNC1=O)C2(C)C.CC[N+](CC)(CC)S(=O)(=O)N=C([O-])OC. The molecular weight excluding hydrogens is 1290 g/mol. The molecular formula is C64H86F6N12O13S. The lowest BCUT2D eigenvalue weighted by Gasteiger charge is -2.35. The zero-order chi connectivity index (χ0) is 73.2. The van der Waals surface area contributed by atoms with Crippen molar-refractivity contribution in [2.75, 3.05) is 52.9 Å². The van der Waals surface area contributed by atoms with E-state index in [1.165, 1.54) is 37.5 Å². The maximum absolute atomic E-state index is 13.3. The minimum absolute atomic E-state index is 0.00131. The molecule has 25 nitrogen and oxygen atoms in total. The topological polar surface area (TPSA) is 361 Å². The van der Waals surface area contributed by atoms with Crippen molar-refractivity contribution in [3.8, 4) is 65.3 Å². The number of primary amides is 1. The number of rotatable bonds is 20. The number of nitrogens with two attached hydrogens (primary N) is 1. The summed E-state index contributed by atoms with van der Waals surface area (Å²) in [4.78, 5) is 114. The number of nitrogens with zero attached hydrogens (tertiary/aromatic N) is 5. The van der Waals surface area contributed by atoms with Gasteiger partial charge in [0.2, 0.25) is 41.4 Å². The van der Waals surface area contributed by atoms with Crippen molar-refractivity contribution in [3.63, 3.8) is 0 Å². The smallest absolute Gasteiger partial charge is 0.471 e. The van der Waals surface area contributed by atoms with E-state index in [-0.39, 0.29) is 76.1 Å². The normalized spacial score (nSPS) is 23.4. The summed E-state index contributed by atoms with van der Waals surface area (Å²) in [6, 6.07) is -5.11. The molecule has 0 radical (unpaired) electrons. The summed E-state index contributed by atoms with van der Waals surface area (Å²) in [5.74, 6) is 14.2. The van der Waals surface area contributed by atoms with Gasteiger partial charge < -0.3 is 57.3 Å². The third-order valence-electron chi connectivity index (χ3n) is 18.2. The van der Waals surface area contributed by atoms with Gasteiger partial charge in [-0.15, -0.1) is 8.42 Å². The van der Waals surface area contributed by atoms with Gasteiger partial charge in [-0.1, -0.05) is 71.6 Å². The molecule has 8 N–H and O–H groups in total. The van der Waals surface area contributed by atoms with Crippen molar-refractivity contribution in [1.29, 1.82) is 5.26 Å². The molecule has 0 bridgehead atoms. The zero-order valence-electron chi connectivity index (χ0n) is 56.2. The summed E-state index contributed by atoms with van der Waals surface area (Å²) in [5.41, 5.74) is 4.91. The quantitative estimate of drug-likeness (QED) is 0.0293. The van der Waals surface area contributed by atoms with Gasteiger partial charge in [0, 0.05) is 38.0 Å². The first-order valence-electron chi connectivity index (χ1n) is 31.0. The lowest BCUT2D eigenvalue weighted by molar-refractivity contribution is -0.800. The highest BCUT2D eigenvalue weighted by Crippen LogP contribution is 2.66. The van der Waals surface area contributed by atoms with Crippen LogP contribution in [-0.4, -0.2) is 183 Å². The van der Waals surface area contributed by atoms with Gasteiger partial charge in [0.05, 0.1) is 25.7 Å². The van der Waals surface area contributed by atoms with Crippen molar-refractivity contribution in [2.45, 2.75) is 164 Å². The van der Waals surface area contributed by atoms with Crippen LogP contribution in [0, 0.1) is 129 Å². The fraction of sp³-hybridized carbons (Fsp3) is 0.672. The summed E-state index contributed by atoms with van der Waals surface area (Å²) in [6.45, 7) is 24.8. The van der Waals surface area contributed by atoms with E-state index in [9.17, 15) is 88.3 Å². The third kappa shape index (κ3) is 20.6. The number of carbonyl (C=O) groups is 9. The van der Waals surface area contributed by atoms with Crippen molar-refractivity contribution in [1.82, 2.24) is 41.7 Å². The Labute approximate surface area is 556 Å². The molecule has 6 rings (SSSR count). The predicted molar refractivity (Wildman–Crippen MR) is 334 cm³/mol. The maximum Gasteiger partial charge on any atom is 0.471 e. The standard InChI is InChI=1S/C22H32F3N5O5.C22H30F3N5O4.C12H6.C8H18N2O4S/c1-9(2)14(29-20(35)22(23,24)25)19(34)30-8-11-13(21(11,3)4)15(30)18(33)28-12(16(26)31)7-10-5-6-27-17(10)32;1-10(2)15(29-20(34)22(23,24)25)19(33)30-9-13-14(21(13,3)4)16(30)18(32)28-12(8-26)7-11-5-6-27-17(11)31;1-3-5-7-9-11-12-10-8-6-4-2;1-5-10(6-2,7-3)15(12,13)9-8(11)14-4/h9-15H,5-8H2,1-4H3,(H2,26,31)(H,27,32)(H,28,33)(H,29,35);10-16H,5-7,9H2,1-4H3,(H,27,31)(H,28,32)(H,29,34);1-2H3;5-7H2,1-4H3/t10-,11-,12-,13-,14-,15-;11-,12-,13-,14-,15-,16-;;/m00../s1. The van der Waals surface area contributed by atoms with E-state index in [1.54, 1.807) is 45.3 Å². The molecule has 32 heteroatoms. The predicted octanol–water partition coefficient (Wildman–Crippen LogP) is 0.889. The number of quaternary nitrogens is 1. The van der Waals surface area contributed by atoms with Crippen LogP contribution >= 0.6 is 0 Å². The van der Waals surface area contributed by atoms with Gasteiger partial charge in [-0.25, -0.2) is 0 Å². The van der Waals surface area contributed by atoms with Crippen LogP contribution in [0.25, 0.3) is 0 Å². The fourth-order valence-corrected chi connectivity index (χ4v) is 13.8. The van der Waals surface area contributed by atoms with E-state index in [1.807, 2.05) is 33.8 Å². The first-order chi connectivity index (χ1) is 44.6. The molecule has 2 saturated carbocycles. The van der Waals surface area contributed by atoms with Crippen LogP contribution in [0.5, 0.6) is 0 Å². The average molecular weight is 1380 g/mol. The second-order valence-corrected chi connectivity index (χ2v) is 27.2. The van der Waals surface area contributed by atoms with Gasteiger partial charge in [0.25, 0.3) is 0 Å². The van der Waals surface area contributed by atoms with Gasteiger partial charge in [-0.2, -0.15) is 35.5 Å². The van der Waals surface area contributed by atoms with E-state index in [4.69, 9.17) is 5.73 Å². The molecule has 0 aromatic carbocycles. The molecule has 0 unspecified atom stereocenters. The number of halogens is 6. The van der Waals surface area contributed by atoms with E-state index < -0.39 is 130 Å². The minimum Gasteiger partial charge on any atom is -0.603 e. The minimum atomic E-state index is -5.17. The largest absolute Gasteiger partial charge is 0.603 e. The van der Waals surface area contributed by atoms with Crippen LogP contribution < -0.4 is 42.7 Å². The molecule has 6 fully saturated rings. The molecule has 0 spiro atoms. The number of likely N-dealkylation sites (tertiary alicyclic amines) is 2. The first-order valence-corrected chi connectivity index (χ1v) is 32.4. The Morgan fingerprint density at radius 3 is 1.34 bits per heavy atom. The van der Waals surface area contributed by atoms with E-state index in [0.717, 1.165) is 7.11 Å². The molecule has 4 saturated heterocycles. The van der Waals surface area contributed by atoms with Crippen LogP contribution in [0.15, 0.2) is 4.40 Å². The number of carbonyl (C=O) groups excluding carboxylic acids is 9. The lowest BCUT2D eigenvalue weighted by Crippen LogP contribution is -2.60. The summed E-state index contributed by atoms with van der Waals surface area (Å²) in [7, 11) is -2.76. The number of fused-ring (bicyclic) bond motifs is 2. The number of alkyl halides is 6. The van der Waals surface area contributed by atoms with E-state index >= 15 is 0 Å². The highest BCUT2D eigenvalue weighted by molar-refractivity contribution is 7.84. The highest BCUT2D eigenvalue weighted by atomic mass is 32.2. The van der Waals surface area contributed by atoms with Crippen LogP contribution in [0.2, 0.25) is 0 Å². The number of hydrogen-bond acceptors (Lipinski definition) is 14. The average Bonchev–Trinajstić information content (AvgIpc) is 1.53. The molecule has 4 aliphatic heterocycles. The van der Waals surface area contributed by atoms with Crippen LogP contribution in [0.3, 0.4) is 0 Å². The van der Waals surface area contributed by atoms with Gasteiger partial charge in [-0.3, -0.25) is 43.2 Å². The number of amides is 9. The Balaban J connectivity index is 0.000000365. The van der Waals surface area contributed by atoms with Gasteiger partial charge in [0.15, 0.2) is 6.08 Å². The van der Waals surface area contributed by atoms with Crippen molar-refractivity contribution >= 4 is 69.5 Å². The second-order valence-electron chi connectivity index (χ2n) is 25.4. The van der Waals surface area contributed by atoms with Gasteiger partial charge in [-0.05, 0) is 161 Å². The fourth-order valence-electron chi connectivity index (χ4n) is 12.4. The van der Waals surface area contributed by atoms with Crippen LogP contribution in [0.1, 0.15) is 116 Å². The lowest BCUT2D eigenvalue weighted by atomic mass is 9.95. The number of ether oxygens (including phenoxy) is 1. The molecule has 12 atom stereocenters.